The number of aromatic nitrogens is 2. The van der Waals surface area contributed by atoms with E-state index in [4.69, 9.17) is 0 Å². The number of piperidine rings is 1. The Morgan fingerprint density at radius 3 is 2.67 bits per heavy atom. The van der Waals surface area contributed by atoms with Gasteiger partial charge >= 0.3 is 0 Å². The molecular formula is C16H26N4O. The van der Waals surface area contributed by atoms with Crippen LogP contribution in [-0.2, 0) is 0 Å². The number of carbonyl (C=O) groups is 1. The average Bonchev–Trinajstić information content (AvgIpc) is 2.48. The fourth-order valence-electron chi connectivity index (χ4n) is 2.62. The van der Waals surface area contributed by atoms with Gasteiger partial charge in [-0.3, -0.25) is 4.79 Å². The molecule has 116 valence electrons. The van der Waals surface area contributed by atoms with Crippen LogP contribution in [0.3, 0.4) is 0 Å². The number of rotatable bonds is 3. The van der Waals surface area contributed by atoms with Crippen molar-refractivity contribution in [2.45, 2.75) is 40.0 Å². The molecule has 2 atom stereocenters. The van der Waals surface area contributed by atoms with Crippen LogP contribution in [0.5, 0.6) is 0 Å². The summed E-state index contributed by atoms with van der Waals surface area (Å²) in [6.45, 7) is 10.2. The average molecular weight is 290 g/mol. The van der Waals surface area contributed by atoms with Gasteiger partial charge in [0.1, 0.15) is 5.82 Å². The maximum Gasteiger partial charge on any atom is 0.274 e. The van der Waals surface area contributed by atoms with Crippen molar-refractivity contribution in [3.8, 4) is 0 Å². The molecular weight excluding hydrogens is 264 g/mol. The number of carbonyl (C=O) groups excluding carboxylic acids is 1. The fraction of sp³-hybridized carbons (Fsp3) is 0.688. The van der Waals surface area contributed by atoms with E-state index >= 15 is 0 Å². The molecule has 1 aliphatic heterocycles. The number of nitrogens with one attached hydrogen (secondary N) is 1. The Bertz CT molecular complexity index is 515. The molecule has 0 aromatic carbocycles. The minimum absolute atomic E-state index is 0.0161. The maximum atomic E-state index is 12.8. The Kier molecular flexibility index (Phi) is 4.80. The highest BCUT2D eigenvalue weighted by molar-refractivity contribution is 5.97. The Labute approximate surface area is 127 Å². The monoisotopic (exact) mass is 290 g/mol. The van der Waals surface area contributed by atoms with Crippen LogP contribution in [0.1, 0.15) is 56.3 Å². The van der Waals surface area contributed by atoms with Gasteiger partial charge in [0, 0.05) is 26.1 Å². The third-order valence-electron chi connectivity index (χ3n) is 4.42. The van der Waals surface area contributed by atoms with Gasteiger partial charge in [-0.1, -0.05) is 27.7 Å². The summed E-state index contributed by atoms with van der Waals surface area (Å²) in [5, 5.41) is 3.03. The zero-order valence-electron chi connectivity index (χ0n) is 13.7. The molecule has 2 rings (SSSR count). The van der Waals surface area contributed by atoms with Gasteiger partial charge in [0.25, 0.3) is 5.91 Å². The number of anilines is 1. The van der Waals surface area contributed by atoms with Crippen LogP contribution < -0.4 is 5.32 Å². The molecule has 5 heteroatoms. The Balaban J connectivity index is 2.27. The van der Waals surface area contributed by atoms with E-state index in [0.717, 1.165) is 25.3 Å². The van der Waals surface area contributed by atoms with Crippen LogP contribution >= 0.6 is 0 Å². The first-order chi connectivity index (χ1) is 9.93. The Morgan fingerprint density at radius 1 is 1.38 bits per heavy atom. The number of nitrogens with zero attached hydrogens (tertiary/aromatic N) is 3. The molecule has 1 amide bonds. The van der Waals surface area contributed by atoms with Crippen molar-refractivity contribution in [2.24, 2.45) is 11.8 Å². The molecule has 1 aromatic heterocycles. The van der Waals surface area contributed by atoms with Crippen LogP contribution in [0, 0.1) is 11.8 Å². The minimum atomic E-state index is 0.0161. The highest BCUT2D eigenvalue weighted by Gasteiger charge is 2.28. The van der Waals surface area contributed by atoms with Gasteiger partial charge in [-0.15, -0.1) is 0 Å². The molecule has 0 radical (unpaired) electrons. The second-order valence-electron chi connectivity index (χ2n) is 6.39. The molecule has 21 heavy (non-hydrogen) atoms. The Morgan fingerprint density at radius 2 is 2.10 bits per heavy atom. The molecule has 1 N–H and O–H groups in total. The van der Waals surface area contributed by atoms with Crippen LogP contribution in [0.25, 0.3) is 0 Å². The minimum Gasteiger partial charge on any atom is -0.385 e. The zero-order chi connectivity index (χ0) is 15.6. The van der Waals surface area contributed by atoms with Crippen molar-refractivity contribution >= 4 is 11.6 Å². The Hall–Kier alpha value is -1.65. The standard InChI is InChI=1S/C16H26N4O/c1-10(2)15-18-8-13(17-5)14(19-15)16(21)20-7-6-11(3)12(4)9-20/h8,10-12,17H,6-7,9H2,1-5H3. The van der Waals surface area contributed by atoms with Crippen LogP contribution in [0.4, 0.5) is 5.69 Å². The van der Waals surface area contributed by atoms with Gasteiger partial charge in [0.2, 0.25) is 0 Å². The molecule has 1 saturated heterocycles. The lowest BCUT2D eigenvalue weighted by molar-refractivity contribution is 0.0622. The first kappa shape index (κ1) is 15.7. The lowest BCUT2D eigenvalue weighted by atomic mass is 9.88. The number of likely N-dealkylation sites (tertiary alicyclic amines) is 1. The summed E-state index contributed by atoms with van der Waals surface area (Å²) in [7, 11) is 1.80. The predicted octanol–water partition coefficient (Wildman–Crippen LogP) is 2.76. The molecule has 5 nitrogen and oxygen atoms in total. The summed E-state index contributed by atoms with van der Waals surface area (Å²) in [6, 6.07) is 0. The van der Waals surface area contributed by atoms with E-state index in [1.807, 2.05) is 18.7 Å². The molecule has 0 bridgehead atoms. The maximum absolute atomic E-state index is 12.8. The van der Waals surface area contributed by atoms with E-state index in [-0.39, 0.29) is 11.8 Å². The van der Waals surface area contributed by atoms with Crippen molar-refractivity contribution in [1.82, 2.24) is 14.9 Å². The van der Waals surface area contributed by atoms with Gasteiger partial charge in [0.05, 0.1) is 11.9 Å². The third kappa shape index (κ3) is 3.34. The number of hydrogen-bond donors (Lipinski definition) is 1. The normalized spacial score (nSPS) is 22.5. The smallest absolute Gasteiger partial charge is 0.274 e. The van der Waals surface area contributed by atoms with E-state index < -0.39 is 0 Å². The summed E-state index contributed by atoms with van der Waals surface area (Å²) >= 11 is 0. The first-order valence-corrected chi connectivity index (χ1v) is 7.78. The van der Waals surface area contributed by atoms with E-state index in [0.29, 0.717) is 23.2 Å². The molecule has 0 saturated carbocycles. The molecule has 2 unspecified atom stereocenters. The van der Waals surface area contributed by atoms with Gasteiger partial charge < -0.3 is 10.2 Å². The third-order valence-corrected chi connectivity index (χ3v) is 4.42. The van der Waals surface area contributed by atoms with Gasteiger partial charge in [0.15, 0.2) is 5.69 Å². The highest BCUT2D eigenvalue weighted by atomic mass is 16.2. The molecule has 0 spiro atoms. The lowest BCUT2D eigenvalue weighted by Gasteiger charge is -2.35. The van der Waals surface area contributed by atoms with Crippen molar-refractivity contribution < 1.29 is 4.79 Å². The summed E-state index contributed by atoms with van der Waals surface area (Å²) in [5.41, 5.74) is 1.20. The van der Waals surface area contributed by atoms with Crippen molar-refractivity contribution in [2.75, 3.05) is 25.5 Å². The van der Waals surface area contributed by atoms with E-state index in [2.05, 4.69) is 29.1 Å². The fourth-order valence-corrected chi connectivity index (χ4v) is 2.62. The number of hydrogen-bond acceptors (Lipinski definition) is 4. The lowest BCUT2D eigenvalue weighted by Crippen LogP contribution is -2.42. The number of amides is 1. The largest absolute Gasteiger partial charge is 0.385 e. The SMILES string of the molecule is CNc1cnc(C(C)C)nc1C(=O)N1CCC(C)C(C)C1. The van der Waals surface area contributed by atoms with Gasteiger partial charge in [-0.05, 0) is 18.3 Å². The summed E-state index contributed by atoms with van der Waals surface area (Å²) in [6.07, 6.45) is 2.77. The van der Waals surface area contributed by atoms with E-state index in [9.17, 15) is 4.79 Å². The van der Waals surface area contributed by atoms with Crippen molar-refractivity contribution in [1.29, 1.82) is 0 Å². The molecule has 1 aromatic rings. The second-order valence-corrected chi connectivity index (χ2v) is 6.39. The van der Waals surface area contributed by atoms with Crippen molar-refractivity contribution in [3.63, 3.8) is 0 Å². The summed E-state index contributed by atoms with van der Waals surface area (Å²) in [4.78, 5) is 23.5. The second kappa shape index (κ2) is 6.41. The topological polar surface area (TPSA) is 58.1 Å². The first-order valence-electron chi connectivity index (χ1n) is 7.78. The quantitative estimate of drug-likeness (QED) is 0.930. The summed E-state index contributed by atoms with van der Waals surface area (Å²) < 4.78 is 0. The van der Waals surface area contributed by atoms with Crippen LogP contribution in [0.15, 0.2) is 6.20 Å². The van der Waals surface area contributed by atoms with Crippen LogP contribution in [-0.4, -0.2) is 40.9 Å². The molecule has 0 aliphatic carbocycles. The van der Waals surface area contributed by atoms with Gasteiger partial charge in [-0.25, -0.2) is 9.97 Å². The molecule has 2 heterocycles. The molecule has 1 aliphatic rings. The predicted molar refractivity (Wildman–Crippen MR) is 84.5 cm³/mol. The van der Waals surface area contributed by atoms with E-state index in [1.54, 1.807) is 13.2 Å². The highest BCUT2D eigenvalue weighted by Crippen LogP contribution is 2.25. The van der Waals surface area contributed by atoms with Crippen molar-refractivity contribution in [3.05, 3.63) is 17.7 Å². The molecule has 1 fully saturated rings. The van der Waals surface area contributed by atoms with Gasteiger partial charge in [-0.2, -0.15) is 0 Å². The van der Waals surface area contributed by atoms with E-state index in [1.165, 1.54) is 0 Å². The van der Waals surface area contributed by atoms with Crippen LogP contribution in [0.2, 0.25) is 0 Å². The zero-order valence-corrected chi connectivity index (χ0v) is 13.7. The summed E-state index contributed by atoms with van der Waals surface area (Å²) in [5.74, 6) is 2.16.